The average Bonchev–Trinajstić information content (AvgIpc) is 2.51. The van der Waals surface area contributed by atoms with Crippen LogP contribution < -0.4 is 11.1 Å². The van der Waals surface area contributed by atoms with E-state index >= 15 is 0 Å². The lowest BCUT2D eigenvalue weighted by Gasteiger charge is -2.16. The molecule has 0 aromatic heterocycles. The Balaban J connectivity index is 2.21. The van der Waals surface area contributed by atoms with Crippen LogP contribution in [0.15, 0.2) is 48.5 Å². The number of nitrogens with one attached hydrogen (secondary N) is 1. The van der Waals surface area contributed by atoms with E-state index in [1.807, 2.05) is 37.3 Å². The van der Waals surface area contributed by atoms with Gasteiger partial charge in [0.2, 0.25) is 11.8 Å². The van der Waals surface area contributed by atoms with Crippen LogP contribution in [0.4, 0.5) is 5.69 Å². The Morgan fingerprint density at radius 3 is 2.45 bits per heavy atom. The Hall–Kier alpha value is -2.33. The van der Waals surface area contributed by atoms with Gasteiger partial charge in [0.1, 0.15) is 0 Å². The van der Waals surface area contributed by atoms with Gasteiger partial charge in [0.05, 0.1) is 16.5 Å². The van der Waals surface area contributed by atoms with E-state index in [4.69, 9.17) is 17.3 Å². The summed E-state index contributed by atoms with van der Waals surface area (Å²) >= 11 is 5.90. The fourth-order valence-electron chi connectivity index (χ4n) is 2.28. The number of rotatable bonds is 5. The van der Waals surface area contributed by atoms with Gasteiger partial charge in [0.15, 0.2) is 0 Å². The number of anilines is 1. The second-order valence-electron chi connectivity index (χ2n) is 4.92. The van der Waals surface area contributed by atoms with E-state index in [2.05, 4.69) is 5.32 Å². The first-order chi connectivity index (χ1) is 10.5. The summed E-state index contributed by atoms with van der Waals surface area (Å²) < 4.78 is 0. The number of hydrogen-bond donors (Lipinski definition) is 2. The largest absolute Gasteiger partial charge is 0.366 e. The molecular weight excluding hydrogens is 300 g/mol. The van der Waals surface area contributed by atoms with Gasteiger partial charge < -0.3 is 11.1 Å². The third-order valence-corrected chi connectivity index (χ3v) is 3.76. The Morgan fingerprint density at radius 1 is 1.18 bits per heavy atom. The Bertz CT molecular complexity index is 686. The number of carbonyl (C=O) groups is 2. The molecule has 0 aliphatic heterocycles. The van der Waals surface area contributed by atoms with Crippen LogP contribution in [0, 0.1) is 0 Å². The molecule has 0 bridgehead atoms. The van der Waals surface area contributed by atoms with Crippen molar-refractivity contribution >= 4 is 29.1 Å². The number of amides is 2. The number of benzene rings is 2. The summed E-state index contributed by atoms with van der Waals surface area (Å²) in [5.41, 5.74) is 6.89. The Kier molecular flexibility index (Phi) is 5.17. The SMILES string of the molecule is CC[C@@H](C(=O)Nc1ccc(Cl)c(C(N)=O)c1)c1ccccc1. The summed E-state index contributed by atoms with van der Waals surface area (Å²) in [6, 6.07) is 14.2. The zero-order valence-corrected chi connectivity index (χ0v) is 12.9. The van der Waals surface area contributed by atoms with Crippen molar-refractivity contribution in [2.24, 2.45) is 5.73 Å². The van der Waals surface area contributed by atoms with Crippen molar-refractivity contribution in [2.45, 2.75) is 19.3 Å². The van der Waals surface area contributed by atoms with Crippen LogP contribution in [0.2, 0.25) is 5.02 Å². The topological polar surface area (TPSA) is 72.2 Å². The van der Waals surface area contributed by atoms with E-state index in [1.54, 1.807) is 12.1 Å². The van der Waals surface area contributed by atoms with Gasteiger partial charge in [-0.3, -0.25) is 9.59 Å². The molecule has 0 fully saturated rings. The number of hydrogen-bond acceptors (Lipinski definition) is 2. The van der Waals surface area contributed by atoms with E-state index in [0.29, 0.717) is 12.1 Å². The molecule has 2 aromatic rings. The Morgan fingerprint density at radius 2 is 1.86 bits per heavy atom. The van der Waals surface area contributed by atoms with E-state index in [-0.39, 0.29) is 22.4 Å². The normalized spacial score (nSPS) is 11.7. The van der Waals surface area contributed by atoms with Crippen molar-refractivity contribution in [3.63, 3.8) is 0 Å². The number of nitrogens with two attached hydrogens (primary N) is 1. The lowest BCUT2D eigenvalue weighted by Crippen LogP contribution is -2.21. The minimum absolute atomic E-state index is 0.133. The van der Waals surface area contributed by atoms with E-state index in [9.17, 15) is 9.59 Å². The smallest absolute Gasteiger partial charge is 0.250 e. The number of carbonyl (C=O) groups excluding carboxylic acids is 2. The first-order valence-electron chi connectivity index (χ1n) is 6.98. The first-order valence-corrected chi connectivity index (χ1v) is 7.36. The molecule has 1 atom stereocenters. The van der Waals surface area contributed by atoms with Crippen LogP contribution in [0.5, 0.6) is 0 Å². The quantitative estimate of drug-likeness (QED) is 0.885. The summed E-state index contributed by atoms with van der Waals surface area (Å²) in [5.74, 6) is -1.02. The summed E-state index contributed by atoms with van der Waals surface area (Å²) in [6.07, 6.45) is 0.673. The number of primary amides is 1. The summed E-state index contributed by atoms with van der Waals surface area (Å²) in [7, 11) is 0. The molecule has 22 heavy (non-hydrogen) atoms. The molecule has 0 saturated heterocycles. The van der Waals surface area contributed by atoms with Crippen LogP contribution in [-0.2, 0) is 4.79 Å². The Labute approximate surface area is 134 Å². The maximum absolute atomic E-state index is 12.4. The van der Waals surface area contributed by atoms with Gasteiger partial charge in [-0.1, -0.05) is 48.9 Å². The second kappa shape index (κ2) is 7.09. The summed E-state index contributed by atoms with van der Waals surface area (Å²) in [4.78, 5) is 23.7. The van der Waals surface area contributed by atoms with Gasteiger partial charge in [0, 0.05) is 5.69 Å². The highest BCUT2D eigenvalue weighted by Gasteiger charge is 2.19. The lowest BCUT2D eigenvalue weighted by atomic mass is 9.95. The van der Waals surface area contributed by atoms with Crippen LogP contribution in [0.25, 0.3) is 0 Å². The van der Waals surface area contributed by atoms with Gasteiger partial charge in [-0.2, -0.15) is 0 Å². The van der Waals surface area contributed by atoms with Gasteiger partial charge >= 0.3 is 0 Å². The molecule has 0 aliphatic carbocycles. The minimum atomic E-state index is -0.629. The molecule has 2 aromatic carbocycles. The van der Waals surface area contributed by atoms with E-state index < -0.39 is 5.91 Å². The standard InChI is InChI=1S/C17H17ClN2O2/c1-2-13(11-6-4-3-5-7-11)17(22)20-12-8-9-15(18)14(10-12)16(19)21/h3-10,13H,2H2,1H3,(H2,19,21)(H,20,22)/t13-/m1/s1. The van der Waals surface area contributed by atoms with E-state index in [1.165, 1.54) is 6.07 Å². The molecule has 2 amide bonds. The highest BCUT2D eigenvalue weighted by Crippen LogP contribution is 2.24. The third-order valence-electron chi connectivity index (χ3n) is 3.43. The van der Waals surface area contributed by atoms with Crippen LogP contribution in [-0.4, -0.2) is 11.8 Å². The average molecular weight is 317 g/mol. The molecule has 5 heteroatoms. The van der Waals surface area contributed by atoms with Crippen LogP contribution in [0.1, 0.15) is 35.2 Å². The third kappa shape index (κ3) is 3.65. The van der Waals surface area contributed by atoms with Gasteiger partial charge in [-0.25, -0.2) is 0 Å². The molecule has 2 rings (SSSR count). The van der Waals surface area contributed by atoms with Gasteiger partial charge in [-0.05, 0) is 30.2 Å². The number of halogens is 1. The van der Waals surface area contributed by atoms with E-state index in [0.717, 1.165) is 5.56 Å². The molecule has 0 saturated carbocycles. The molecule has 3 N–H and O–H groups in total. The fourth-order valence-corrected chi connectivity index (χ4v) is 2.49. The molecule has 0 unspecified atom stereocenters. The zero-order chi connectivity index (χ0) is 16.1. The van der Waals surface area contributed by atoms with Crippen molar-refractivity contribution < 1.29 is 9.59 Å². The predicted molar refractivity (Wildman–Crippen MR) is 88.1 cm³/mol. The molecule has 0 heterocycles. The van der Waals surface area contributed by atoms with Crippen molar-refractivity contribution in [1.82, 2.24) is 0 Å². The van der Waals surface area contributed by atoms with Gasteiger partial charge in [-0.15, -0.1) is 0 Å². The van der Waals surface area contributed by atoms with Crippen LogP contribution in [0.3, 0.4) is 0 Å². The highest BCUT2D eigenvalue weighted by atomic mass is 35.5. The molecule has 0 radical (unpaired) electrons. The van der Waals surface area contributed by atoms with Gasteiger partial charge in [0.25, 0.3) is 0 Å². The maximum atomic E-state index is 12.4. The molecule has 4 nitrogen and oxygen atoms in total. The highest BCUT2D eigenvalue weighted by molar-refractivity contribution is 6.34. The van der Waals surface area contributed by atoms with Crippen molar-refractivity contribution in [3.05, 3.63) is 64.7 Å². The maximum Gasteiger partial charge on any atom is 0.250 e. The molecule has 114 valence electrons. The zero-order valence-electron chi connectivity index (χ0n) is 12.2. The minimum Gasteiger partial charge on any atom is -0.366 e. The lowest BCUT2D eigenvalue weighted by molar-refractivity contribution is -0.117. The second-order valence-corrected chi connectivity index (χ2v) is 5.33. The van der Waals surface area contributed by atoms with Crippen molar-refractivity contribution in [1.29, 1.82) is 0 Å². The molecule has 0 aliphatic rings. The van der Waals surface area contributed by atoms with Crippen LogP contribution >= 0.6 is 11.6 Å². The molecule has 0 spiro atoms. The fraction of sp³-hybridized carbons (Fsp3) is 0.176. The first kappa shape index (κ1) is 16.0. The summed E-state index contributed by atoms with van der Waals surface area (Å²) in [5, 5.41) is 3.07. The predicted octanol–water partition coefficient (Wildman–Crippen LogP) is 3.57. The van der Waals surface area contributed by atoms with Crippen molar-refractivity contribution in [3.8, 4) is 0 Å². The monoisotopic (exact) mass is 316 g/mol. The van der Waals surface area contributed by atoms with Crippen molar-refractivity contribution in [2.75, 3.05) is 5.32 Å². The molecular formula is C17H17ClN2O2. The summed E-state index contributed by atoms with van der Waals surface area (Å²) in [6.45, 7) is 1.95.